The molecule has 1 amide bonds. The van der Waals surface area contributed by atoms with Crippen LogP contribution in [0.15, 0.2) is 18.2 Å². The zero-order chi connectivity index (χ0) is 15.6. The SMILES string of the molecule is CC(=O)C(=N)C1CCN(Cc2ccc(F)c(Cl)c2)C(=O)C1. The molecule has 0 bridgehead atoms. The molecule has 1 aromatic rings. The van der Waals surface area contributed by atoms with E-state index in [0.717, 1.165) is 5.56 Å². The summed E-state index contributed by atoms with van der Waals surface area (Å²) in [5.41, 5.74) is 0.780. The fourth-order valence-corrected chi connectivity index (χ4v) is 2.64. The third kappa shape index (κ3) is 3.67. The molecule has 2 rings (SSSR count). The molecule has 1 atom stereocenters. The topological polar surface area (TPSA) is 61.2 Å². The Labute approximate surface area is 127 Å². The van der Waals surface area contributed by atoms with Crippen LogP contribution in [0.2, 0.25) is 5.02 Å². The van der Waals surface area contributed by atoms with E-state index in [4.69, 9.17) is 17.0 Å². The van der Waals surface area contributed by atoms with Crippen LogP contribution in [-0.2, 0) is 16.1 Å². The quantitative estimate of drug-likeness (QED) is 0.869. The van der Waals surface area contributed by atoms with Crippen LogP contribution in [0.25, 0.3) is 0 Å². The van der Waals surface area contributed by atoms with Gasteiger partial charge in [0.25, 0.3) is 0 Å². The van der Waals surface area contributed by atoms with E-state index in [2.05, 4.69) is 0 Å². The van der Waals surface area contributed by atoms with Crippen LogP contribution in [0, 0.1) is 17.1 Å². The smallest absolute Gasteiger partial charge is 0.223 e. The van der Waals surface area contributed by atoms with E-state index in [9.17, 15) is 14.0 Å². The van der Waals surface area contributed by atoms with E-state index in [-0.39, 0.29) is 34.8 Å². The maximum atomic E-state index is 13.1. The van der Waals surface area contributed by atoms with Gasteiger partial charge in [0.2, 0.25) is 5.91 Å². The van der Waals surface area contributed by atoms with Crippen molar-refractivity contribution in [2.75, 3.05) is 6.54 Å². The van der Waals surface area contributed by atoms with E-state index in [1.807, 2.05) is 0 Å². The number of nitrogens with zero attached hydrogens (tertiary/aromatic N) is 1. The van der Waals surface area contributed by atoms with Crippen molar-refractivity contribution in [3.8, 4) is 0 Å². The van der Waals surface area contributed by atoms with Crippen molar-refractivity contribution in [3.63, 3.8) is 0 Å². The van der Waals surface area contributed by atoms with Gasteiger partial charge >= 0.3 is 0 Å². The van der Waals surface area contributed by atoms with Gasteiger partial charge in [-0.15, -0.1) is 0 Å². The third-order valence-corrected chi connectivity index (χ3v) is 3.96. The molecule has 4 nitrogen and oxygen atoms in total. The summed E-state index contributed by atoms with van der Waals surface area (Å²) in [5.74, 6) is -1.16. The van der Waals surface area contributed by atoms with E-state index in [1.165, 1.54) is 19.1 Å². The summed E-state index contributed by atoms with van der Waals surface area (Å²) in [4.78, 5) is 24.9. The number of Topliss-reactive ketones (excluding diaryl/α,β-unsaturated/α-hetero) is 1. The van der Waals surface area contributed by atoms with Gasteiger partial charge in [0, 0.05) is 32.4 Å². The summed E-state index contributed by atoms with van der Waals surface area (Å²) < 4.78 is 13.1. The number of rotatable bonds is 4. The molecule has 6 heteroatoms. The van der Waals surface area contributed by atoms with Gasteiger partial charge in [-0.2, -0.15) is 0 Å². The van der Waals surface area contributed by atoms with Crippen molar-refractivity contribution in [1.29, 1.82) is 5.41 Å². The second-order valence-corrected chi connectivity index (χ2v) is 5.63. The molecule has 112 valence electrons. The lowest BCUT2D eigenvalue weighted by molar-refractivity contribution is -0.134. The van der Waals surface area contributed by atoms with Gasteiger partial charge in [-0.05, 0) is 24.1 Å². The van der Waals surface area contributed by atoms with Gasteiger partial charge in [0.1, 0.15) is 5.82 Å². The van der Waals surface area contributed by atoms with E-state index in [0.29, 0.717) is 19.5 Å². The molecule has 21 heavy (non-hydrogen) atoms. The number of nitrogens with one attached hydrogen (secondary N) is 1. The van der Waals surface area contributed by atoms with Gasteiger partial charge in [0.15, 0.2) is 5.78 Å². The summed E-state index contributed by atoms with van der Waals surface area (Å²) in [7, 11) is 0. The van der Waals surface area contributed by atoms with Crippen LogP contribution in [0.4, 0.5) is 4.39 Å². The van der Waals surface area contributed by atoms with Crippen molar-refractivity contribution in [2.45, 2.75) is 26.3 Å². The number of hydrogen-bond donors (Lipinski definition) is 1. The molecule has 1 fully saturated rings. The number of likely N-dealkylation sites (tertiary alicyclic amines) is 1. The van der Waals surface area contributed by atoms with E-state index < -0.39 is 5.82 Å². The second kappa shape index (κ2) is 6.35. The normalized spacial score (nSPS) is 18.7. The van der Waals surface area contributed by atoms with Crippen LogP contribution < -0.4 is 0 Å². The Kier molecular flexibility index (Phi) is 4.73. The minimum atomic E-state index is -0.486. The second-order valence-electron chi connectivity index (χ2n) is 5.22. The van der Waals surface area contributed by atoms with Crippen LogP contribution in [0.5, 0.6) is 0 Å². The molecule has 1 aliphatic heterocycles. The minimum absolute atomic E-state index is 0.0211. The number of hydrogen-bond acceptors (Lipinski definition) is 3. The predicted octanol–water partition coefficient (Wildman–Crippen LogP) is 2.83. The van der Waals surface area contributed by atoms with Crippen molar-refractivity contribution in [3.05, 3.63) is 34.6 Å². The van der Waals surface area contributed by atoms with Crippen molar-refractivity contribution in [1.82, 2.24) is 4.90 Å². The predicted molar refractivity (Wildman–Crippen MR) is 78.0 cm³/mol. The van der Waals surface area contributed by atoms with Gasteiger partial charge < -0.3 is 10.3 Å². The maximum Gasteiger partial charge on any atom is 0.223 e. The zero-order valence-electron chi connectivity index (χ0n) is 11.7. The highest BCUT2D eigenvalue weighted by molar-refractivity contribution is 6.38. The number of ketones is 1. The number of carbonyl (C=O) groups excluding carboxylic acids is 2. The molecule has 0 spiro atoms. The lowest BCUT2D eigenvalue weighted by Gasteiger charge is -2.31. The molecule has 1 aromatic carbocycles. The first-order valence-electron chi connectivity index (χ1n) is 6.69. The molecule has 1 saturated heterocycles. The summed E-state index contributed by atoms with van der Waals surface area (Å²) >= 11 is 5.72. The molecular formula is C15H16ClFN2O2. The molecule has 0 saturated carbocycles. The molecule has 1 N–H and O–H groups in total. The number of benzene rings is 1. The maximum absolute atomic E-state index is 13.1. The molecule has 1 unspecified atom stereocenters. The molecule has 1 heterocycles. The van der Waals surface area contributed by atoms with E-state index in [1.54, 1.807) is 11.0 Å². The Morgan fingerprint density at radius 1 is 1.52 bits per heavy atom. The Bertz CT molecular complexity index is 603. The highest BCUT2D eigenvalue weighted by atomic mass is 35.5. The number of piperidine rings is 1. The van der Waals surface area contributed by atoms with Crippen molar-refractivity contribution >= 4 is 29.0 Å². The standard InChI is InChI=1S/C15H16ClFN2O2/c1-9(20)15(18)11-4-5-19(14(21)7-11)8-10-2-3-13(17)12(16)6-10/h2-3,6,11,18H,4-5,7-8H2,1H3. The van der Waals surface area contributed by atoms with E-state index >= 15 is 0 Å². The van der Waals surface area contributed by atoms with Crippen molar-refractivity contribution < 1.29 is 14.0 Å². The van der Waals surface area contributed by atoms with Crippen LogP contribution in [0.3, 0.4) is 0 Å². The largest absolute Gasteiger partial charge is 0.338 e. The number of carbonyl (C=O) groups is 2. The fraction of sp³-hybridized carbons (Fsp3) is 0.400. The third-order valence-electron chi connectivity index (χ3n) is 3.67. The Hall–Kier alpha value is -1.75. The minimum Gasteiger partial charge on any atom is -0.338 e. The molecule has 0 aromatic heterocycles. The lowest BCUT2D eigenvalue weighted by atomic mass is 9.89. The first-order valence-corrected chi connectivity index (χ1v) is 7.07. The highest BCUT2D eigenvalue weighted by Gasteiger charge is 2.29. The Morgan fingerprint density at radius 2 is 2.24 bits per heavy atom. The molecule has 0 aliphatic carbocycles. The molecular weight excluding hydrogens is 295 g/mol. The molecule has 0 radical (unpaired) electrons. The zero-order valence-corrected chi connectivity index (χ0v) is 12.4. The number of amides is 1. The van der Waals surface area contributed by atoms with Crippen LogP contribution >= 0.6 is 11.6 Å². The highest BCUT2D eigenvalue weighted by Crippen LogP contribution is 2.23. The average Bonchev–Trinajstić information content (AvgIpc) is 2.44. The first kappa shape index (κ1) is 15.6. The fourth-order valence-electron chi connectivity index (χ4n) is 2.44. The summed E-state index contributed by atoms with van der Waals surface area (Å²) in [6.45, 7) is 2.19. The summed E-state index contributed by atoms with van der Waals surface area (Å²) in [5, 5.41) is 7.72. The average molecular weight is 311 g/mol. The first-order chi connectivity index (χ1) is 9.88. The Morgan fingerprint density at radius 3 is 2.81 bits per heavy atom. The van der Waals surface area contributed by atoms with Crippen LogP contribution in [0.1, 0.15) is 25.3 Å². The number of halogens is 2. The summed E-state index contributed by atoms with van der Waals surface area (Å²) in [6, 6.07) is 4.38. The van der Waals surface area contributed by atoms with Gasteiger partial charge in [-0.1, -0.05) is 17.7 Å². The monoisotopic (exact) mass is 310 g/mol. The lowest BCUT2D eigenvalue weighted by Crippen LogP contribution is -2.41. The van der Waals surface area contributed by atoms with Gasteiger partial charge in [-0.25, -0.2) is 4.39 Å². The van der Waals surface area contributed by atoms with Crippen molar-refractivity contribution in [2.24, 2.45) is 5.92 Å². The van der Waals surface area contributed by atoms with Crippen LogP contribution in [-0.4, -0.2) is 28.8 Å². The Balaban J connectivity index is 2.01. The summed E-state index contributed by atoms with van der Waals surface area (Å²) in [6.07, 6.45) is 0.770. The van der Waals surface area contributed by atoms with Gasteiger partial charge in [0.05, 0.1) is 10.7 Å². The molecule has 1 aliphatic rings. The van der Waals surface area contributed by atoms with Gasteiger partial charge in [-0.3, -0.25) is 9.59 Å².